The van der Waals surface area contributed by atoms with Gasteiger partial charge in [0.05, 0.1) is 11.1 Å². The molecule has 1 fully saturated rings. The first kappa shape index (κ1) is 23.8. The highest BCUT2D eigenvalue weighted by molar-refractivity contribution is 7.80. The molecule has 0 saturated heterocycles. The monoisotopic (exact) mass is 487 g/mol. The van der Waals surface area contributed by atoms with Crippen LogP contribution in [-0.2, 0) is 25.4 Å². The van der Waals surface area contributed by atoms with Gasteiger partial charge in [0.25, 0.3) is 0 Å². The van der Waals surface area contributed by atoms with Crippen LogP contribution in [0.2, 0.25) is 0 Å². The molecule has 1 aliphatic heterocycles. The Hall–Kier alpha value is -2.33. The van der Waals surface area contributed by atoms with E-state index < -0.39 is 23.5 Å². The smallest absolute Gasteiger partial charge is 0.358 e. The summed E-state index contributed by atoms with van der Waals surface area (Å²) in [6, 6.07) is 9.68. The van der Waals surface area contributed by atoms with Crippen LogP contribution >= 0.6 is 12.2 Å². The SMILES string of the molecule is FC(F)(F)c1cc(NC(=S)N[C@@H]2CCCC[C@H]2N2Cc3ccccc3C2)cc(C(F)(F)F)c1. The van der Waals surface area contributed by atoms with Gasteiger partial charge in [-0.3, -0.25) is 4.90 Å². The van der Waals surface area contributed by atoms with Gasteiger partial charge in [-0.25, -0.2) is 0 Å². The first-order chi connectivity index (χ1) is 15.5. The molecule has 2 aromatic rings. The summed E-state index contributed by atoms with van der Waals surface area (Å²) in [6.45, 7) is 1.61. The molecule has 0 amide bonds. The molecule has 0 bridgehead atoms. The van der Waals surface area contributed by atoms with Crippen LogP contribution in [-0.4, -0.2) is 22.1 Å². The van der Waals surface area contributed by atoms with E-state index in [-0.39, 0.29) is 28.9 Å². The fraction of sp³-hybridized carbons (Fsp3) is 0.435. The maximum absolute atomic E-state index is 13.1. The van der Waals surface area contributed by atoms with Crippen molar-refractivity contribution in [3.05, 3.63) is 64.7 Å². The van der Waals surface area contributed by atoms with Gasteiger partial charge in [0.2, 0.25) is 0 Å². The van der Waals surface area contributed by atoms with E-state index in [2.05, 4.69) is 27.7 Å². The van der Waals surface area contributed by atoms with Gasteiger partial charge in [-0.1, -0.05) is 37.1 Å². The number of benzene rings is 2. The Kier molecular flexibility index (Phi) is 6.59. The summed E-state index contributed by atoms with van der Waals surface area (Å²) in [5.41, 5.74) is -0.575. The average molecular weight is 488 g/mol. The summed E-state index contributed by atoms with van der Waals surface area (Å²) < 4.78 is 78.8. The zero-order chi connectivity index (χ0) is 23.8. The standard InChI is InChI=1S/C23H23F6N3S/c24-22(25,26)16-9-17(23(27,28)29)11-18(10-16)30-21(33)31-19-7-3-4-8-20(19)32-12-14-5-1-2-6-15(14)13-32/h1-2,5-6,9-11,19-20H,3-4,7-8,12-13H2,(H2,30,31,33)/t19-,20-/m1/s1. The highest BCUT2D eigenvalue weighted by atomic mass is 32.1. The van der Waals surface area contributed by atoms with Gasteiger partial charge in [-0.15, -0.1) is 0 Å². The maximum atomic E-state index is 13.1. The minimum Gasteiger partial charge on any atom is -0.358 e. The summed E-state index contributed by atoms with van der Waals surface area (Å²) >= 11 is 5.28. The number of thiocarbonyl (C=S) groups is 1. The van der Waals surface area contributed by atoms with Crippen molar-refractivity contribution in [1.82, 2.24) is 10.2 Å². The molecular weight excluding hydrogens is 464 g/mol. The van der Waals surface area contributed by atoms with Crippen LogP contribution in [0.3, 0.4) is 0 Å². The van der Waals surface area contributed by atoms with Crippen LogP contribution in [0.25, 0.3) is 0 Å². The lowest BCUT2D eigenvalue weighted by Crippen LogP contribution is -2.52. The molecule has 178 valence electrons. The number of hydrogen-bond donors (Lipinski definition) is 2. The fourth-order valence-corrected chi connectivity index (χ4v) is 4.94. The lowest BCUT2D eigenvalue weighted by molar-refractivity contribution is -0.143. The third-order valence-corrected chi connectivity index (χ3v) is 6.45. The van der Waals surface area contributed by atoms with Crippen molar-refractivity contribution in [3.63, 3.8) is 0 Å². The Bertz CT molecular complexity index is 963. The number of fused-ring (bicyclic) bond motifs is 1. The molecule has 2 aliphatic rings. The van der Waals surface area contributed by atoms with Crippen LogP contribution < -0.4 is 10.6 Å². The average Bonchev–Trinajstić information content (AvgIpc) is 3.16. The summed E-state index contributed by atoms with van der Waals surface area (Å²) in [7, 11) is 0. The zero-order valence-electron chi connectivity index (χ0n) is 17.6. The lowest BCUT2D eigenvalue weighted by atomic mass is 9.89. The van der Waals surface area contributed by atoms with Crippen LogP contribution in [0.5, 0.6) is 0 Å². The largest absolute Gasteiger partial charge is 0.416 e. The van der Waals surface area contributed by atoms with Crippen molar-refractivity contribution >= 4 is 23.0 Å². The summed E-state index contributed by atoms with van der Waals surface area (Å²) in [4.78, 5) is 2.36. The van der Waals surface area contributed by atoms with E-state index in [1.54, 1.807) is 0 Å². The number of hydrogen-bond acceptors (Lipinski definition) is 2. The Morgan fingerprint density at radius 1 is 0.848 bits per heavy atom. The number of anilines is 1. The van der Waals surface area contributed by atoms with Crippen molar-refractivity contribution in [2.24, 2.45) is 0 Å². The second-order valence-corrected chi connectivity index (χ2v) is 8.93. The van der Waals surface area contributed by atoms with E-state index in [9.17, 15) is 26.3 Å². The van der Waals surface area contributed by atoms with Gasteiger partial charge < -0.3 is 10.6 Å². The number of rotatable bonds is 3. The van der Waals surface area contributed by atoms with Crippen molar-refractivity contribution in [2.75, 3.05) is 5.32 Å². The predicted octanol–water partition coefficient (Wildman–Crippen LogP) is 6.34. The quantitative estimate of drug-likeness (QED) is 0.391. The van der Waals surface area contributed by atoms with Crippen LogP contribution in [0.4, 0.5) is 32.0 Å². The molecule has 2 aromatic carbocycles. The van der Waals surface area contributed by atoms with Gasteiger partial charge in [0.15, 0.2) is 5.11 Å². The Balaban J connectivity index is 1.47. The van der Waals surface area contributed by atoms with Crippen molar-refractivity contribution in [2.45, 2.75) is 63.2 Å². The fourth-order valence-electron chi connectivity index (χ4n) is 4.67. The van der Waals surface area contributed by atoms with Gasteiger partial charge >= 0.3 is 12.4 Å². The Labute approximate surface area is 193 Å². The molecule has 4 rings (SSSR count). The molecular formula is C23H23F6N3S. The molecule has 1 saturated carbocycles. The Morgan fingerprint density at radius 3 is 1.94 bits per heavy atom. The highest BCUT2D eigenvalue weighted by Gasteiger charge is 2.37. The molecule has 0 aromatic heterocycles. The number of alkyl halides is 6. The topological polar surface area (TPSA) is 27.3 Å². The van der Waals surface area contributed by atoms with Gasteiger partial charge in [0.1, 0.15) is 0 Å². The zero-order valence-corrected chi connectivity index (χ0v) is 18.4. The van der Waals surface area contributed by atoms with Crippen LogP contribution in [0.15, 0.2) is 42.5 Å². The summed E-state index contributed by atoms with van der Waals surface area (Å²) in [5, 5.41) is 5.71. The second kappa shape index (κ2) is 9.13. The van der Waals surface area contributed by atoms with E-state index in [1.807, 2.05) is 12.1 Å². The van der Waals surface area contributed by atoms with Crippen LogP contribution in [0, 0.1) is 0 Å². The van der Waals surface area contributed by atoms with Crippen molar-refractivity contribution < 1.29 is 26.3 Å². The van der Waals surface area contributed by atoms with E-state index in [4.69, 9.17) is 12.2 Å². The van der Waals surface area contributed by atoms with Gasteiger partial charge in [-0.05, 0) is 54.4 Å². The molecule has 33 heavy (non-hydrogen) atoms. The summed E-state index contributed by atoms with van der Waals surface area (Å²) in [5.74, 6) is 0. The van der Waals surface area contributed by atoms with E-state index in [1.165, 1.54) is 11.1 Å². The normalized spacial score (nSPS) is 21.5. The Morgan fingerprint density at radius 2 is 1.39 bits per heavy atom. The van der Waals surface area contributed by atoms with Gasteiger partial charge in [0, 0.05) is 30.9 Å². The van der Waals surface area contributed by atoms with Crippen molar-refractivity contribution in [3.8, 4) is 0 Å². The molecule has 2 N–H and O–H groups in total. The second-order valence-electron chi connectivity index (χ2n) is 8.53. The minimum atomic E-state index is -4.91. The summed E-state index contributed by atoms with van der Waals surface area (Å²) in [6.07, 6.45) is -6.04. The lowest BCUT2D eigenvalue weighted by Gasteiger charge is -2.38. The maximum Gasteiger partial charge on any atom is 0.416 e. The van der Waals surface area contributed by atoms with E-state index in [0.29, 0.717) is 12.1 Å². The van der Waals surface area contributed by atoms with Crippen molar-refractivity contribution in [1.29, 1.82) is 0 Å². The molecule has 0 radical (unpaired) electrons. The van der Waals surface area contributed by atoms with Gasteiger partial charge in [-0.2, -0.15) is 26.3 Å². The number of nitrogens with zero attached hydrogens (tertiary/aromatic N) is 1. The number of halogens is 6. The molecule has 1 aliphatic carbocycles. The predicted molar refractivity (Wildman–Crippen MR) is 118 cm³/mol. The molecule has 10 heteroatoms. The van der Waals surface area contributed by atoms with E-state index >= 15 is 0 Å². The third kappa shape index (κ3) is 5.60. The van der Waals surface area contributed by atoms with Crippen LogP contribution in [0.1, 0.15) is 47.9 Å². The third-order valence-electron chi connectivity index (χ3n) is 6.23. The highest BCUT2D eigenvalue weighted by Crippen LogP contribution is 2.37. The molecule has 1 heterocycles. The molecule has 3 nitrogen and oxygen atoms in total. The minimum absolute atomic E-state index is 0.0102. The molecule has 2 atom stereocenters. The molecule has 0 unspecified atom stereocenters. The first-order valence-corrected chi connectivity index (χ1v) is 11.1. The van der Waals surface area contributed by atoms with E-state index in [0.717, 1.165) is 38.8 Å². The number of nitrogens with one attached hydrogen (secondary N) is 2. The first-order valence-electron chi connectivity index (χ1n) is 10.7. The molecule has 0 spiro atoms.